The van der Waals surface area contributed by atoms with E-state index in [1.54, 1.807) is 6.07 Å². The second kappa shape index (κ2) is 9.14. The Balaban J connectivity index is 1.20. The van der Waals surface area contributed by atoms with Gasteiger partial charge in [-0.1, -0.05) is 31.4 Å². The zero-order chi connectivity index (χ0) is 28.1. The maximum Gasteiger partial charge on any atom is 0.308 e. The molecule has 8 rings (SSSR count). The van der Waals surface area contributed by atoms with Crippen LogP contribution in [0.15, 0.2) is 23.8 Å². The third-order valence-corrected chi connectivity index (χ3v) is 11.5. The maximum atomic E-state index is 13.9. The van der Waals surface area contributed by atoms with Gasteiger partial charge in [-0.3, -0.25) is 24.2 Å². The summed E-state index contributed by atoms with van der Waals surface area (Å²) in [6.07, 6.45) is 12.3. The number of hydrogen-bond acceptors (Lipinski definition) is 7. The van der Waals surface area contributed by atoms with Crippen LogP contribution in [0.25, 0.3) is 0 Å². The number of imide groups is 1. The lowest BCUT2D eigenvalue weighted by molar-refractivity contribution is -0.201. The molecule has 1 aromatic carbocycles. The highest BCUT2D eigenvalue weighted by molar-refractivity contribution is 6.13. The molecule has 5 fully saturated rings. The van der Waals surface area contributed by atoms with Crippen molar-refractivity contribution in [3.8, 4) is 11.5 Å². The summed E-state index contributed by atoms with van der Waals surface area (Å²) in [5.41, 5.74) is 0.855. The average molecular weight is 561 g/mol. The zero-order valence-electron chi connectivity index (χ0n) is 23.9. The lowest BCUT2D eigenvalue weighted by Gasteiger charge is -2.64. The topological polar surface area (TPSA) is 96.4 Å². The lowest BCUT2D eigenvalue weighted by Crippen LogP contribution is -2.78. The van der Waals surface area contributed by atoms with Crippen LogP contribution >= 0.6 is 0 Å². The fourth-order valence-corrected chi connectivity index (χ4v) is 9.59. The first-order valence-corrected chi connectivity index (χ1v) is 15.8. The van der Waals surface area contributed by atoms with Crippen molar-refractivity contribution < 1.29 is 29.0 Å². The van der Waals surface area contributed by atoms with E-state index in [0.29, 0.717) is 54.6 Å². The molecule has 3 heterocycles. The molecule has 2 amide bonds. The molecule has 41 heavy (non-hydrogen) atoms. The number of amides is 2. The van der Waals surface area contributed by atoms with Crippen LogP contribution in [0.2, 0.25) is 0 Å². The van der Waals surface area contributed by atoms with Crippen LogP contribution in [-0.2, 0) is 26.2 Å². The molecule has 5 atom stereocenters. The van der Waals surface area contributed by atoms with E-state index in [1.807, 2.05) is 6.07 Å². The number of ether oxygens (including phenoxy) is 2. The SMILES string of the molecule is CC(=O)Oc1ccc2c3c1O[C@H]1[C@H](N4C(=O)C/C(=C/C5CCCCC5)C4=O)CC[C@@]4(O)[C@@H](C2)N(CC2CC2)CC[C@]314. The normalized spacial score (nSPS) is 37.4. The van der Waals surface area contributed by atoms with E-state index in [1.165, 1.54) is 43.9 Å². The number of hydrogen-bond donors (Lipinski definition) is 1. The summed E-state index contributed by atoms with van der Waals surface area (Å²) < 4.78 is 12.4. The van der Waals surface area contributed by atoms with E-state index in [0.717, 1.165) is 37.1 Å². The molecule has 0 unspecified atom stereocenters. The monoisotopic (exact) mass is 560 g/mol. The van der Waals surface area contributed by atoms with Crippen molar-refractivity contribution in [2.24, 2.45) is 11.8 Å². The summed E-state index contributed by atoms with van der Waals surface area (Å²) in [4.78, 5) is 43.5. The fourth-order valence-electron chi connectivity index (χ4n) is 9.59. The van der Waals surface area contributed by atoms with Gasteiger partial charge in [0.25, 0.3) is 5.91 Å². The van der Waals surface area contributed by atoms with E-state index in [9.17, 15) is 19.5 Å². The van der Waals surface area contributed by atoms with Crippen LogP contribution in [0.1, 0.15) is 88.7 Å². The van der Waals surface area contributed by atoms with E-state index in [-0.39, 0.29) is 24.3 Å². The quantitative estimate of drug-likeness (QED) is 0.253. The van der Waals surface area contributed by atoms with E-state index < -0.39 is 29.1 Å². The fraction of sp³-hybridized carbons (Fsp3) is 0.667. The van der Waals surface area contributed by atoms with Crippen LogP contribution in [-0.4, -0.2) is 69.6 Å². The van der Waals surface area contributed by atoms with Gasteiger partial charge >= 0.3 is 5.97 Å². The Morgan fingerprint density at radius 1 is 1.12 bits per heavy atom. The predicted octanol–water partition coefficient (Wildman–Crippen LogP) is 3.81. The molecule has 0 aromatic heterocycles. The number of carbonyl (C=O) groups excluding carboxylic acids is 3. The highest BCUT2D eigenvalue weighted by atomic mass is 16.6. The first-order valence-electron chi connectivity index (χ1n) is 15.8. The molecule has 2 bridgehead atoms. The molecule has 3 saturated carbocycles. The molecule has 4 aliphatic carbocycles. The largest absolute Gasteiger partial charge is 0.483 e. The van der Waals surface area contributed by atoms with Gasteiger partial charge in [0.1, 0.15) is 6.10 Å². The molecular weight excluding hydrogens is 520 g/mol. The first-order chi connectivity index (χ1) is 19.8. The van der Waals surface area contributed by atoms with Gasteiger partial charge in [0.05, 0.1) is 23.5 Å². The highest BCUT2D eigenvalue weighted by Gasteiger charge is 2.74. The Bertz CT molecular complexity index is 1360. The van der Waals surface area contributed by atoms with Crippen LogP contribution in [0.4, 0.5) is 0 Å². The molecule has 1 spiro atoms. The van der Waals surface area contributed by atoms with E-state index >= 15 is 0 Å². The molecule has 2 saturated heterocycles. The summed E-state index contributed by atoms with van der Waals surface area (Å²) in [7, 11) is 0. The number of allylic oxidation sites excluding steroid dienone is 1. The lowest BCUT2D eigenvalue weighted by atomic mass is 9.48. The molecule has 1 N–H and O–H groups in total. The van der Waals surface area contributed by atoms with Gasteiger partial charge in [-0.25, -0.2) is 0 Å². The standard InChI is InChI=1S/C33H40N2O6/c1-19(36)40-25-10-9-22-16-26-33(39)12-11-24(35-27(37)17-23(31(35)38)15-20-5-3-2-4-6-20)30-32(33,28(22)29(25)41-30)13-14-34(26)18-21-7-8-21/h9-10,15,20-21,24,26,30,39H,2-8,11-14,16-18H2,1H3/b23-15-/t24-,26-,30+,32+,33-/m1/s1. The molecule has 7 aliphatic rings. The molecule has 0 radical (unpaired) electrons. The van der Waals surface area contributed by atoms with Gasteiger partial charge < -0.3 is 14.6 Å². The minimum atomic E-state index is -1.05. The third kappa shape index (κ3) is 3.68. The third-order valence-electron chi connectivity index (χ3n) is 11.5. The Kier molecular flexibility index (Phi) is 5.79. The van der Waals surface area contributed by atoms with Crippen molar-refractivity contribution >= 4 is 17.8 Å². The Morgan fingerprint density at radius 3 is 2.68 bits per heavy atom. The number of rotatable bonds is 5. The van der Waals surface area contributed by atoms with Crippen molar-refractivity contribution in [3.63, 3.8) is 0 Å². The Morgan fingerprint density at radius 2 is 1.93 bits per heavy atom. The van der Waals surface area contributed by atoms with Gasteiger partial charge in [-0.2, -0.15) is 0 Å². The molecule has 3 aliphatic heterocycles. The highest BCUT2D eigenvalue weighted by Crippen LogP contribution is 2.66. The van der Waals surface area contributed by atoms with Gasteiger partial charge in [0, 0.05) is 30.6 Å². The zero-order valence-corrected chi connectivity index (χ0v) is 23.9. The molecule has 8 heteroatoms. The van der Waals surface area contributed by atoms with Gasteiger partial charge in [0.2, 0.25) is 5.91 Å². The van der Waals surface area contributed by atoms with Crippen LogP contribution < -0.4 is 9.47 Å². The molecule has 1 aromatic rings. The number of carbonyl (C=O) groups is 3. The van der Waals surface area contributed by atoms with Crippen LogP contribution in [0.3, 0.4) is 0 Å². The number of aliphatic hydroxyl groups is 1. The number of nitrogens with zero attached hydrogens (tertiary/aromatic N) is 2. The summed E-state index contributed by atoms with van der Waals surface area (Å²) in [6.45, 7) is 3.21. The molecule has 218 valence electrons. The summed E-state index contributed by atoms with van der Waals surface area (Å²) in [5.74, 6) is 1.15. The average Bonchev–Trinajstić information content (AvgIpc) is 3.63. The van der Waals surface area contributed by atoms with E-state index in [4.69, 9.17) is 9.47 Å². The number of benzene rings is 1. The van der Waals surface area contributed by atoms with Gasteiger partial charge in [-0.15, -0.1) is 0 Å². The molecular formula is C33H40N2O6. The van der Waals surface area contributed by atoms with Crippen molar-refractivity contribution in [2.75, 3.05) is 13.1 Å². The number of likely N-dealkylation sites (tertiary alicyclic amines) is 2. The first kappa shape index (κ1) is 26.0. The molecule has 8 nitrogen and oxygen atoms in total. The number of esters is 1. The van der Waals surface area contributed by atoms with E-state index in [2.05, 4.69) is 11.0 Å². The van der Waals surface area contributed by atoms with Crippen molar-refractivity contribution in [2.45, 2.75) is 113 Å². The smallest absolute Gasteiger partial charge is 0.308 e. The van der Waals surface area contributed by atoms with Crippen molar-refractivity contribution in [3.05, 3.63) is 34.9 Å². The van der Waals surface area contributed by atoms with Gasteiger partial charge in [0.15, 0.2) is 11.5 Å². The Labute approximate surface area is 241 Å². The maximum absolute atomic E-state index is 13.9. The minimum absolute atomic E-state index is 0.0475. The van der Waals surface area contributed by atoms with Crippen LogP contribution in [0.5, 0.6) is 11.5 Å². The van der Waals surface area contributed by atoms with Crippen LogP contribution in [0, 0.1) is 11.8 Å². The second-order valence-corrected chi connectivity index (χ2v) is 13.8. The summed E-state index contributed by atoms with van der Waals surface area (Å²) in [6, 6.07) is 3.31. The van der Waals surface area contributed by atoms with Crippen molar-refractivity contribution in [1.82, 2.24) is 9.80 Å². The number of piperidine rings is 1. The Hall–Kier alpha value is -2.71. The summed E-state index contributed by atoms with van der Waals surface area (Å²) >= 11 is 0. The predicted molar refractivity (Wildman–Crippen MR) is 149 cm³/mol. The van der Waals surface area contributed by atoms with Crippen molar-refractivity contribution in [1.29, 1.82) is 0 Å². The second-order valence-electron chi connectivity index (χ2n) is 13.8. The van der Waals surface area contributed by atoms with Gasteiger partial charge in [-0.05, 0) is 81.4 Å². The minimum Gasteiger partial charge on any atom is -0.483 e. The summed E-state index contributed by atoms with van der Waals surface area (Å²) in [5, 5.41) is 12.8.